The fourth-order valence-corrected chi connectivity index (χ4v) is 3.60. The van der Waals surface area contributed by atoms with Crippen LogP contribution in [-0.2, 0) is 21.2 Å². The predicted molar refractivity (Wildman–Crippen MR) is 115 cm³/mol. The lowest BCUT2D eigenvalue weighted by Crippen LogP contribution is -2.41. The molecule has 0 aliphatic rings. The molecule has 1 amide bonds. The molecule has 29 heavy (non-hydrogen) atoms. The molecular weight excluding hydrogens is 388 g/mol. The van der Waals surface area contributed by atoms with E-state index < -0.39 is 16.1 Å². The van der Waals surface area contributed by atoms with Gasteiger partial charge in [-0.1, -0.05) is 42.5 Å². The van der Waals surface area contributed by atoms with Crippen molar-refractivity contribution in [1.29, 1.82) is 0 Å². The average molecular weight is 419 g/mol. The molecule has 1 atom stereocenters. The van der Waals surface area contributed by atoms with E-state index in [4.69, 9.17) is 4.74 Å². The average Bonchev–Trinajstić information content (AvgIpc) is 2.65. The van der Waals surface area contributed by atoms with E-state index in [0.29, 0.717) is 12.1 Å². The molecule has 0 saturated carbocycles. The van der Waals surface area contributed by atoms with E-state index in [9.17, 15) is 13.2 Å². The second-order valence-electron chi connectivity index (χ2n) is 7.30. The predicted octanol–water partition coefficient (Wildman–Crippen LogP) is 3.16. The molecule has 0 saturated heterocycles. The Morgan fingerprint density at radius 3 is 2.41 bits per heavy atom. The van der Waals surface area contributed by atoms with Crippen LogP contribution < -0.4 is 10.1 Å². The van der Waals surface area contributed by atoms with E-state index in [-0.39, 0.29) is 12.0 Å². The van der Waals surface area contributed by atoms with Gasteiger partial charge in [0.05, 0.1) is 12.4 Å². The molecular formula is C22H30N2O4S. The molecule has 0 bridgehead atoms. The van der Waals surface area contributed by atoms with Gasteiger partial charge in [-0.05, 0) is 49.9 Å². The number of benzene rings is 2. The van der Waals surface area contributed by atoms with Crippen LogP contribution in [0.1, 0.15) is 37.4 Å². The SMILES string of the molecule is CC(C)Oc1cccc(CCCNC(=O)[C@H](c2ccccc2)N(C)S(C)(=O)=O)c1. The van der Waals surface area contributed by atoms with Crippen LogP contribution in [0.5, 0.6) is 5.75 Å². The molecule has 2 aromatic carbocycles. The van der Waals surface area contributed by atoms with E-state index in [1.54, 1.807) is 24.3 Å². The van der Waals surface area contributed by atoms with Gasteiger partial charge in [-0.25, -0.2) is 8.42 Å². The summed E-state index contributed by atoms with van der Waals surface area (Å²) in [6.07, 6.45) is 2.74. The Kier molecular flexibility index (Phi) is 8.22. The van der Waals surface area contributed by atoms with Gasteiger partial charge in [-0.15, -0.1) is 0 Å². The Labute approximate surface area is 173 Å². The summed E-state index contributed by atoms with van der Waals surface area (Å²) < 4.78 is 30.8. The van der Waals surface area contributed by atoms with Crippen molar-refractivity contribution in [3.8, 4) is 5.75 Å². The van der Waals surface area contributed by atoms with E-state index >= 15 is 0 Å². The van der Waals surface area contributed by atoms with Crippen molar-refractivity contribution >= 4 is 15.9 Å². The minimum atomic E-state index is -3.52. The topological polar surface area (TPSA) is 75.7 Å². The largest absolute Gasteiger partial charge is 0.491 e. The minimum absolute atomic E-state index is 0.117. The molecule has 7 heteroatoms. The highest BCUT2D eigenvalue weighted by Crippen LogP contribution is 2.22. The number of carbonyl (C=O) groups excluding carboxylic acids is 1. The summed E-state index contributed by atoms with van der Waals surface area (Å²) >= 11 is 0. The van der Waals surface area contributed by atoms with Crippen LogP contribution in [0.4, 0.5) is 0 Å². The Bertz CT molecular complexity index is 898. The third-order valence-corrected chi connectivity index (χ3v) is 5.72. The Hall–Kier alpha value is -2.38. The fraction of sp³-hybridized carbons (Fsp3) is 0.409. The van der Waals surface area contributed by atoms with Gasteiger partial charge in [0.25, 0.3) is 0 Å². The molecule has 6 nitrogen and oxygen atoms in total. The normalized spacial score (nSPS) is 12.8. The van der Waals surface area contributed by atoms with Crippen molar-refractivity contribution in [2.45, 2.75) is 38.8 Å². The molecule has 0 unspecified atom stereocenters. The Morgan fingerprint density at radius 2 is 1.79 bits per heavy atom. The Morgan fingerprint density at radius 1 is 1.10 bits per heavy atom. The maximum absolute atomic E-state index is 12.8. The zero-order valence-electron chi connectivity index (χ0n) is 17.5. The van der Waals surface area contributed by atoms with Crippen molar-refractivity contribution in [2.24, 2.45) is 0 Å². The lowest BCUT2D eigenvalue weighted by atomic mass is 10.1. The molecule has 2 aromatic rings. The van der Waals surface area contributed by atoms with E-state index in [0.717, 1.165) is 34.7 Å². The number of ether oxygens (including phenoxy) is 1. The van der Waals surface area contributed by atoms with Gasteiger partial charge in [0.1, 0.15) is 11.8 Å². The summed E-state index contributed by atoms with van der Waals surface area (Å²) in [5.74, 6) is 0.501. The summed E-state index contributed by atoms with van der Waals surface area (Å²) in [6.45, 7) is 4.42. The monoisotopic (exact) mass is 418 g/mol. The highest BCUT2D eigenvalue weighted by molar-refractivity contribution is 7.88. The molecule has 0 fully saturated rings. The number of hydrogen-bond donors (Lipinski definition) is 1. The van der Waals surface area contributed by atoms with Gasteiger partial charge in [-0.3, -0.25) is 4.79 Å². The first-order chi connectivity index (χ1) is 13.7. The quantitative estimate of drug-likeness (QED) is 0.602. The fourth-order valence-electron chi connectivity index (χ4n) is 3.00. The second-order valence-corrected chi connectivity index (χ2v) is 9.34. The molecule has 2 rings (SSSR count). The maximum atomic E-state index is 12.8. The number of rotatable bonds is 10. The van der Waals surface area contributed by atoms with Gasteiger partial charge in [0.15, 0.2) is 0 Å². The molecule has 0 spiro atoms. The first-order valence-corrected chi connectivity index (χ1v) is 11.5. The van der Waals surface area contributed by atoms with E-state index in [2.05, 4.69) is 5.32 Å². The lowest BCUT2D eigenvalue weighted by Gasteiger charge is -2.25. The summed E-state index contributed by atoms with van der Waals surface area (Å²) in [5, 5.41) is 2.88. The van der Waals surface area contributed by atoms with Gasteiger partial charge >= 0.3 is 0 Å². The van der Waals surface area contributed by atoms with Crippen molar-refractivity contribution in [3.63, 3.8) is 0 Å². The first kappa shape index (κ1) is 22.9. The van der Waals surface area contributed by atoms with Crippen molar-refractivity contribution in [3.05, 3.63) is 65.7 Å². The number of sulfonamides is 1. The molecule has 0 radical (unpaired) electrons. The summed E-state index contributed by atoms with van der Waals surface area (Å²) in [7, 11) is -2.10. The van der Waals surface area contributed by atoms with Crippen LogP contribution in [-0.4, -0.2) is 44.6 Å². The molecule has 0 heterocycles. The number of aryl methyl sites for hydroxylation is 1. The summed E-state index contributed by atoms with van der Waals surface area (Å²) in [5.41, 5.74) is 1.77. The highest BCUT2D eigenvalue weighted by Gasteiger charge is 2.30. The van der Waals surface area contributed by atoms with Crippen LogP contribution in [0, 0.1) is 0 Å². The standard InChI is InChI=1S/C22H30N2O4S/c1-17(2)28-20-14-8-10-18(16-20)11-9-15-23-22(25)21(24(3)29(4,26)27)19-12-6-5-7-13-19/h5-8,10,12-14,16-17,21H,9,11,15H2,1-4H3,(H,23,25)/t21-/m0/s1. The molecule has 0 aliphatic carbocycles. The third-order valence-electron chi connectivity index (χ3n) is 4.46. The zero-order chi connectivity index (χ0) is 21.4. The smallest absolute Gasteiger partial charge is 0.242 e. The number of likely N-dealkylation sites (N-methyl/N-ethyl adjacent to an activating group) is 1. The molecule has 158 valence electrons. The van der Waals surface area contributed by atoms with Crippen LogP contribution in [0.25, 0.3) is 0 Å². The van der Waals surface area contributed by atoms with Crippen LogP contribution in [0.3, 0.4) is 0 Å². The van der Waals surface area contributed by atoms with Crippen LogP contribution in [0.2, 0.25) is 0 Å². The van der Waals surface area contributed by atoms with Crippen molar-refractivity contribution in [1.82, 2.24) is 9.62 Å². The van der Waals surface area contributed by atoms with Crippen molar-refractivity contribution in [2.75, 3.05) is 19.8 Å². The molecule has 0 aliphatic heterocycles. The zero-order valence-corrected chi connectivity index (χ0v) is 18.3. The van der Waals surface area contributed by atoms with Gasteiger partial charge in [0, 0.05) is 13.6 Å². The number of hydrogen-bond acceptors (Lipinski definition) is 4. The summed E-state index contributed by atoms with van der Waals surface area (Å²) in [6, 6.07) is 15.9. The number of nitrogens with one attached hydrogen (secondary N) is 1. The van der Waals surface area contributed by atoms with Crippen LogP contribution in [0.15, 0.2) is 54.6 Å². The van der Waals surface area contributed by atoms with E-state index in [1.807, 2.05) is 44.2 Å². The van der Waals surface area contributed by atoms with Gasteiger partial charge < -0.3 is 10.1 Å². The highest BCUT2D eigenvalue weighted by atomic mass is 32.2. The second kappa shape index (κ2) is 10.4. The number of carbonyl (C=O) groups is 1. The van der Waals surface area contributed by atoms with Gasteiger partial charge in [-0.2, -0.15) is 4.31 Å². The minimum Gasteiger partial charge on any atom is -0.491 e. The molecule has 0 aromatic heterocycles. The first-order valence-electron chi connectivity index (χ1n) is 9.69. The molecule has 1 N–H and O–H groups in total. The maximum Gasteiger partial charge on any atom is 0.242 e. The Balaban J connectivity index is 1.97. The number of nitrogens with zero attached hydrogens (tertiary/aromatic N) is 1. The lowest BCUT2D eigenvalue weighted by molar-refractivity contribution is -0.124. The van der Waals surface area contributed by atoms with Crippen molar-refractivity contribution < 1.29 is 17.9 Å². The summed E-state index contributed by atoms with van der Waals surface area (Å²) in [4.78, 5) is 12.8. The number of amides is 1. The third kappa shape index (κ3) is 7.18. The van der Waals surface area contributed by atoms with Crippen LogP contribution >= 0.6 is 0 Å². The van der Waals surface area contributed by atoms with E-state index in [1.165, 1.54) is 7.05 Å². The van der Waals surface area contributed by atoms with Gasteiger partial charge in [0.2, 0.25) is 15.9 Å².